The van der Waals surface area contributed by atoms with Gasteiger partial charge in [-0.3, -0.25) is 0 Å². The molecule has 0 radical (unpaired) electrons. The first kappa shape index (κ1) is 13.1. The Morgan fingerprint density at radius 2 is 2.00 bits per heavy atom. The van der Waals surface area contributed by atoms with Crippen molar-refractivity contribution >= 4 is 12.0 Å². The van der Waals surface area contributed by atoms with Crippen molar-refractivity contribution in [2.45, 2.75) is 26.7 Å². The van der Waals surface area contributed by atoms with Crippen LogP contribution < -0.4 is 11.1 Å². The number of rotatable bonds is 6. The van der Waals surface area contributed by atoms with Crippen LogP contribution >= 0.6 is 0 Å². The van der Waals surface area contributed by atoms with E-state index in [0.717, 1.165) is 24.2 Å². The Hall–Kier alpha value is -1.92. The van der Waals surface area contributed by atoms with E-state index in [0.29, 0.717) is 12.5 Å². The standard InChI is InChI=1S/C10H17N5O2/c1-3-7-8(4-2)14-15-10(13-7)12-5-6-17-9(11)16/h3-6H2,1-2H3,(H2,11,16)(H,12,13,15). The van der Waals surface area contributed by atoms with Gasteiger partial charge in [0.2, 0.25) is 5.95 Å². The number of amides is 1. The monoisotopic (exact) mass is 239 g/mol. The van der Waals surface area contributed by atoms with Crippen LogP contribution in [0.3, 0.4) is 0 Å². The van der Waals surface area contributed by atoms with E-state index in [2.05, 4.69) is 25.2 Å². The van der Waals surface area contributed by atoms with Crippen LogP contribution in [0.4, 0.5) is 10.7 Å². The Labute approximate surface area is 99.8 Å². The fourth-order valence-corrected chi connectivity index (χ4v) is 1.33. The number of ether oxygens (including phenoxy) is 1. The van der Waals surface area contributed by atoms with Crippen LogP contribution in [0.15, 0.2) is 0 Å². The van der Waals surface area contributed by atoms with Crippen molar-refractivity contribution in [1.82, 2.24) is 15.2 Å². The number of hydrogen-bond acceptors (Lipinski definition) is 6. The molecule has 1 aromatic heterocycles. The van der Waals surface area contributed by atoms with Gasteiger partial charge in [-0.25, -0.2) is 9.78 Å². The summed E-state index contributed by atoms with van der Waals surface area (Å²) in [7, 11) is 0. The zero-order chi connectivity index (χ0) is 12.7. The molecule has 1 amide bonds. The molecule has 17 heavy (non-hydrogen) atoms. The summed E-state index contributed by atoms with van der Waals surface area (Å²) in [5, 5.41) is 10.9. The topological polar surface area (TPSA) is 103 Å². The summed E-state index contributed by atoms with van der Waals surface area (Å²) in [6.45, 7) is 4.61. The van der Waals surface area contributed by atoms with Crippen LogP contribution in [0.1, 0.15) is 25.2 Å². The Balaban J connectivity index is 2.51. The minimum absolute atomic E-state index is 0.176. The molecule has 0 fully saturated rings. The van der Waals surface area contributed by atoms with Gasteiger partial charge in [0.05, 0.1) is 17.9 Å². The average molecular weight is 239 g/mol. The second-order valence-corrected chi connectivity index (χ2v) is 3.33. The molecule has 7 nitrogen and oxygen atoms in total. The second-order valence-electron chi connectivity index (χ2n) is 3.33. The fraction of sp³-hybridized carbons (Fsp3) is 0.600. The molecule has 0 aliphatic rings. The van der Waals surface area contributed by atoms with Gasteiger partial charge in [-0.1, -0.05) is 13.8 Å². The lowest BCUT2D eigenvalue weighted by molar-refractivity contribution is 0.161. The molecular weight excluding hydrogens is 222 g/mol. The van der Waals surface area contributed by atoms with Crippen LogP contribution in [0.2, 0.25) is 0 Å². The number of aryl methyl sites for hydroxylation is 2. The maximum absolute atomic E-state index is 10.3. The number of carbonyl (C=O) groups excluding carboxylic acids is 1. The highest BCUT2D eigenvalue weighted by Gasteiger charge is 2.05. The molecule has 0 spiro atoms. The molecule has 7 heteroatoms. The van der Waals surface area contributed by atoms with E-state index in [1.54, 1.807) is 0 Å². The van der Waals surface area contributed by atoms with E-state index < -0.39 is 6.09 Å². The Morgan fingerprint density at radius 3 is 2.59 bits per heavy atom. The van der Waals surface area contributed by atoms with Gasteiger partial charge in [-0.05, 0) is 12.8 Å². The molecule has 1 rings (SSSR count). The van der Waals surface area contributed by atoms with Crippen molar-refractivity contribution in [3.05, 3.63) is 11.4 Å². The van der Waals surface area contributed by atoms with E-state index in [-0.39, 0.29) is 6.61 Å². The molecule has 1 aromatic rings. The van der Waals surface area contributed by atoms with Crippen LogP contribution in [0.5, 0.6) is 0 Å². The molecule has 0 bridgehead atoms. The molecule has 1 heterocycles. The number of hydrogen-bond donors (Lipinski definition) is 2. The van der Waals surface area contributed by atoms with E-state index in [1.807, 2.05) is 13.8 Å². The lowest BCUT2D eigenvalue weighted by Crippen LogP contribution is -2.19. The summed E-state index contributed by atoms with van der Waals surface area (Å²) < 4.78 is 4.57. The number of nitrogens with two attached hydrogens (primary N) is 1. The Kier molecular flexibility index (Phi) is 5.12. The van der Waals surface area contributed by atoms with E-state index >= 15 is 0 Å². The number of carbonyl (C=O) groups is 1. The minimum atomic E-state index is -0.790. The summed E-state index contributed by atoms with van der Waals surface area (Å²) in [6, 6.07) is 0. The van der Waals surface area contributed by atoms with E-state index in [1.165, 1.54) is 0 Å². The van der Waals surface area contributed by atoms with Crippen molar-refractivity contribution in [1.29, 1.82) is 0 Å². The lowest BCUT2D eigenvalue weighted by atomic mass is 10.2. The van der Waals surface area contributed by atoms with Gasteiger partial charge < -0.3 is 15.8 Å². The molecule has 0 unspecified atom stereocenters. The van der Waals surface area contributed by atoms with Crippen molar-refractivity contribution < 1.29 is 9.53 Å². The molecule has 0 saturated carbocycles. The highest BCUT2D eigenvalue weighted by Crippen LogP contribution is 2.06. The number of aromatic nitrogens is 3. The summed E-state index contributed by atoms with van der Waals surface area (Å²) in [4.78, 5) is 14.6. The highest BCUT2D eigenvalue weighted by molar-refractivity contribution is 5.64. The summed E-state index contributed by atoms with van der Waals surface area (Å²) >= 11 is 0. The quantitative estimate of drug-likeness (QED) is 0.701. The van der Waals surface area contributed by atoms with Crippen molar-refractivity contribution in [2.24, 2.45) is 5.73 Å². The maximum Gasteiger partial charge on any atom is 0.404 e. The molecule has 0 saturated heterocycles. The van der Waals surface area contributed by atoms with Crippen molar-refractivity contribution in [3.8, 4) is 0 Å². The highest BCUT2D eigenvalue weighted by atomic mass is 16.5. The van der Waals surface area contributed by atoms with E-state index in [9.17, 15) is 4.79 Å². The van der Waals surface area contributed by atoms with Gasteiger partial charge in [0.25, 0.3) is 0 Å². The smallest absolute Gasteiger partial charge is 0.404 e. The molecular formula is C10H17N5O2. The van der Waals surface area contributed by atoms with Crippen LogP contribution in [0, 0.1) is 0 Å². The molecule has 3 N–H and O–H groups in total. The van der Waals surface area contributed by atoms with Gasteiger partial charge in [-0.15, -0.1) is 5.10 Å². The van der Waals surface area contributed by atoms with Gasteiger partial charge in [0, 0.05) is 0 Å². The SMILES string of the molecule is CCc1nnc(NCCOC(N)=O)nc1CC. The van der Waals surface area contributed by atoms with Gasteiger partial charge in [0.15, 0.2) is 0 Å². The molecule has 0 aliphatic heterocycles. The molecule has 94 valence electrons. The van der Waals surface area contributed by atoms with Crippen molar-refractivity contribution in [3.63, 3.8) is 0 Å². The third-order valence-corrected chi connectivity index (χ3v) is 2.14. The zero-order valence-corrected chi connectivity index (χ0v) is 10.1. The summed E-state index contributed by atoms with van der Waals surface area (Å²) in [5.41, 5.74) is 6.66. The Bertz CT molecular complexity index is 383. The van der Waals surface area contributed by atoms with Crippen molar-refractivity contribution in [2.75, 3.05) is 18.5 Å². The first-order valence-electron chi connectivity index (χ1n) is 5.55. The number of primary amides is 1. The number of nitrogens with zero attached hydrogens (tertiary/aromatic N) is 3. The molecule has 0 aromatic carbocycles. The zero-order valence-electron chi connectivity index (χ0n) is 10.1. The largest absolute Gasteiger partial charge is 0.448 e. The first-order valence-corrected chi connectivity index (χ1v) is 5.55. The molecule has 0 atom stereocenters. The number of nitrogens with one attached hydrogen (secondary N) is 1. The second kappa shape index (κ2) is 6.62. The lowest BCUT2D eigenvalue weighted by Gasteiger charge is -2.07. The summed E-state index contributed by atoms with van der Waals surface area (Å²) in [5.74, 6) is 0.437. The normalized spacial score (nSPS) is 10.0. The van der Waals surface area contributed by atoms with E-state index in [4.69, 9.17) is 5.73 Å². The van der Waals surface area contributed by atoms with Gasteiger partial charge >= 0.3 is 6.09 Å². The fourth-order valence-electron chi connectivity index (χ4n) is 1.33. The predicted molar refractivity (Wildman–Crippen MR) is 62.6 cm³/mol. The summed E-state index contributed by atoms with van der Waals surface area (Å²) in [6.07, 6.45) is 0.834. The van der Waals surface area contributed by atoms with Crippen LogP contribution in [0.25, 0.3) is 0 Å². The average Bonchev–Trinajstić information content (AvgIpc) is 2.34. The van der Waals surface area contributed by atoms with Crippen LogP contribution in [-0.2, 0) is 17.6 Å². The van der Waals surface area contributed by atoms with Gasteiger partial charge in [0.1, 0.15) is 6.61 Å². The third-order valence-electron chi connectivity index (χ3n) is 2.14. The first-order chi connectivity index (χ1) is 8.17. The Morgan fingerprint density at radius 1 is 1.29 bits per heavy atom. The van der Waals surface area contributed by atoms with Crippen LogP contribution in [-0.4, -0.2) is 34.4 Å². The number of anilines is 1. The third kappa shape index (κ3) is 4.21. The predicted octanol–water partition coefficient (Wildman–Crippen LogP) is 0.504. The minimum Gasteiger partial charge on any atom is -0.448 e. The maximum atomic E-state index is 10.3. The molecule has 0 aliphatic carbocycles. The van der Waals surface area contributed by atoms with Gasteiger partial charge in [-0.2, -0.15) is 5.10 Å².